The fourth-order valence-corrected chi connectivity index (χ4v) is 3.51. The van der Waals surface area contributed by atoms with Gasteiger partial charge in [0, 0.05) is 22.0 Å². The molecule has 4 heteroatoms. The molecule has 1 saturated carbocycles. The van der Waals surface area contributed by atoms with Crippen molar-refractivity contribution in [2.75, 3.05) is 6.54 Å². The highest BCUT2D eigenvalue weighted by molar-refractivity contribution is 9.10. The molecule has 1 nitrogen and oxygen atoms in total. The van der Waals surface area contributed by atoms with Crippen LogP contribution >= 0.6 is 27.5 Å². The predicted octanol–water partition coefficient (Wildman–Crippen LogP) is 4.01. The van der Waals surface area contributed by atoms with Crippen molar-refractivity contribution in [3.8, 4) is 0 Å². The fraction of sp³-hybridized carbons (Fsp3) is 0.500. The van der Waals surface area contributed by atoms with Gasteiger partial charge < -0.3 is 5.73 Å². The van der Waals surface area contributed by atoms with Crippen LogP contribution in [0.4, 0.5) is 4.39 Å². The van der Waals surface area contributed by atoms with E-state index in [1.807, 2.05) is 0 Å². The van der Waals surface area contributed by atoms with Crippen LogP contribution in [0, 0.1) is 5.82 Å². The van der Waals surface area contributed by atoms with Crippen molar-refractivity contribution in [1.29, 1.82) is 0 Å². The quantitative estimate of drug-likeness (QED) is 0.821. The molecular weight excluding hydrogens is 292 g/mol. The minimum atomic E-state index is -0.316. The Morgan fingerprint density at radius 2 is 2.00 bits per heavy atom. The molecule has 0 heterocycles. The van der Waals surface area contributed by atoms with E-state index in [1.165, 1.54) is 0 Å². The molecule has 2 rings (SSSR count). The van der Waals surface area contributed by atoms with Gasteiger partial charge in [-0.15, -0.1) is 0 Å². The molecule has 0 unspecified atom stereocenters. The lowest BCUT2D eigenvalue weighted by Crippen LogP contribution is -2.33. The standard InChI is InChI=1S/C12H14BrClFN/c13-8-3-4-9(14)11(15)10(8)12(7-16)5-1-2-6-12/h3-4H,1-2,5-7,16H2. The summed E-state index contributed by atoms with van der Waals surface area (Å²) in [5.74, 6) is -0.316. The van der Waals surface area contributed by atoms with Gasteiger partial charge in [-0.1, -0.05) is 40.4 Å². The first-order valence-corrected chi connectivity index (χ1v) is 6.62. The zero-order chi connectivity index (χ0) is 11.8. The van der Waals surface area contributed by atoms with Crippen molar-refractivity contribution in [2.24, 2.45) is 5.73 Å². The maximum atomic E-state index is 14.1. The molecule has 88 valence electrons. The van der Waals surface area contributed by atoms with Crippen LogP contribution in [0.5, 0.6) is 0 Å². The smallest absolute Gasteiger partial charge is 0.146 e. The molecule has 0 bridgehead atoms. The highest BCUT2D eigenvalue weighted by atomic mass is 79.9. The average Bonchev–Trinajstić information content (AvgIpc) is 2.74. The minimum Gasteiger partial charge on any atom is -0.330 e. The van der Waals surface area contributed by atoms with Crippen LogP contribution in [0.15, 0.2) is 16.6 Å². The van der Waals surface area contributed by atoms with E-state index in [-0.39, 0.29) is 16.3 Å². The van der Waals surface area contributed by atoms with Crippen molar-refractivity contribution in [1.82, 2.24) is 0 Å². The van der Waals surface area contributed by atoms with E-state index in [9.17, 15) is 4.39 Å². The van der Waals surface area contributed by atoms with Crippen LogP contribution in [-0.2, 0) is 5.41 Å². The van der Waals surface area contributed by atoms with Gasteiger partial charge in [-0.2, -0.15) is 0 Å². The van der Waals surface area contributed by atoms with Gasteiger partial charge in [-0.3, -0.25) is 0 Å². The molecule has 16 heavy (non-hydrogen) atoms. The van der Waals surface area contributed by atoms with Gasteiger partial charge >= 0.3 is 0 Å². The Hall–Kier alpha value is -0.120. The van der Waals surface area contributed by atoms with Crippen LogP contribution in [0.25, 0.3) is 0 Å². The van der Waals surface area contributed by atoms with Gasteiger partial charge in [-0.25, -0.2) is 4.39 Å². The molecule has 1 aromatic rings. The molecule has 1 aromatic carbocycles. The molecule has 0 spiro atoms. The topological polar surface area (TPSA) is 26.0 Å². The zero-order valence-corrected chi connectivity index (χ0v) is 11.2. The normalized spacial score (nSPS) is 19.0. The van der Waals surface area contributed by atoms with Gasteiger partial charge in [0.15, 0.2) is 0 Å². The van der Waals surface area contributed by atoms with E-state index < -0.39 is 0 Å². The summed E-state index contributed by atoms with van der Waals surface area (Å²) in [6.07, 6.45) is 4.10. The number of halogens is 3. The Kier molecular flexibility index (Phi) is 3.57. The van der Waals surface area contributed by atoms with E-state index in [0.29, 0.717) is 12.1 Å². The Balaban J connectivity index is 2.57. The van der Waals surface area contributed by atoms with Crippen LogP contribution < -0.4 is 5.73 Å². The molecule has 1 aliphatic carbocycles. The summed E-state index contributed by atoms with van der Waals surface area (Å²) in [5.41, 5.74) is 6.30. The lowest BCUT2D eigenvalue weighted by molar-refractivity contribution is 0.424. The first-order chi connectivity index (χ1) is 7.60. The average molecular weight is 307 g/mol. The number of nitrogens with two attached hydrogens (primary N) is 1. The molecule has 0 atom stereocenters. The van der Waals surface area contributed by atoms with Crippen molar-refractivity contribution in [2.45, 2.75) is 31.1 Å². The van der Waals surface area contributed by atoms with Gasteiger partial charge in [0.05, 0.1) is 5.02 Å². The third kappa shape index (κ3) is 1.89. The Morgan fingerprint density at radius 3 is 2.56 bits per heavy atom. The Labute approximate surface area is 108 Å². The largest absolute Gasteiger partial charge is 0.330 e. The van der Waals surface area contributed by atoms with Crippen molar-refractivity contribution in [3.05, 3.63) is 33.0 Å². The zero-order valence-electron chi connectivity index (χ0n) is 8.90. The van der Waals surface area contributed by atoms with Crippen LogP contribution in [-0.4, -0.2) is 6.54 Å². The first-order valence-electron chi connectivity index (χ1n) is 5.45. The SMILES string of the molecule is NCC1(c2c(Br)ccc(Cl)c2F)CCCC1. The summed E-state index contributed by atoms with van der Waals surface area (Å²) in [6.45, 7) is 0.475. The first kappa shape index (κ1) is 12.3. The maximum absolute atomic E-state index is 14.1. The van der Waals surface area contributed by atoms with Gasteiger partial charge in [-0.05, 0) is 25.0 Å². The number of hydrogen-bond acceptors (Lipinski definition) is 1. The van der Waals surface area contributed by atoms with E-state index in [1.54, 1.807) is 12.1 Å². The fourth-order valence-electron chi connectivity index (χ4n) is 2.62. The summed E-state index contributed by atoms with van der Waals surface area (Å²) in [5, 5.41) is 0.179. The molecule has 1 fully saturated rings. The number of hydrogen-bond donors (Lipinski definition) is 1. The second-order valence-electron chi connectivity index (χ2n) is 4.41. The van der Waals surface area contributed by atoms with Crippen LogP contribution in [0.3, 0.4) is 0 Å². The summed E-state index contributed by atoms with van der Waals surface area (Å²) in [7, 11) is 0. The van der Waals surface area contributed by atoms with Crippen molar-refractivity contribution < 1.29 is 4.39 Å². The second kappa shape index (κ2) is 4.63. The Morgan fingerprint density at radius 1 is 1.38 bits per heavy atom. The van der Waals surface area contributed by atoms with Gasteiger partial charge in [0.1, 0.15) is 5.82 Å². The number of benzene rings is 1. The van der Waals surface area contributed by atoms with Gasteiger partial charge in [0.2, 0.25) is 0 Å². The molecule has 0 aromatic heterocycles. The second-order valence-corrected chi connectivity index (χ2v) is 5.67. The summed E-state index contributed by atoms with van der Waals surface area (Å²) < 4.78 is 14.9. The third-order valence-electron chi connectivity index (χ3n) is 3.53. The molecule has 0 amide bonds. The van der Waals surface area contributed by atoms with Crippen molar-refractivity contribution in [3.63, 3.8) is 0 Å². The Bertz CT molecular complexity index is 402. The molecule has 1 aliphatic rings. The monoisotopic (exact) mass is 305 g/mol. The van der Waals surface area contributed by atoms with E-state index in [0.717, 1.165) is 30.2 Å². The highest BCUT2D eigenvalue weighted by Crippen LogP contribution is 2.45. The molecular formula is C12H14BrClFN. The van der Waals surface area contributed by atoms with E-state index in [4.69, 9.17) is 17.3 Å². The van der Waals surface area contributed by atoms with Crippen LogP contribution in [0.2, 0.25) is 5.02 Å². The number of rotatable bonds is 2. The van der Waals surface area contributed by atoms with E-state index >= 15 is 0 Å². The van der Waals surface area contributed by atoms with Crippen LogP contribution in [0.1, 0.15) is 31.2 Å². The molecule has 0 aliphatic heterocycles. The summed E-state index contributed by atoms with van der Waals surface area (Å²) in [4.78, 5) is 0. The van der Waals surface area contributed by atoms with E-state index in [2.05, 4.69) is 15.9 Å². The predicted molar refractivity (Wildman–Crippen MR) is 68.3 cm³/mol. The maximum Gasteiger partial charge on any atom is 0.146 e. The molecule has 0 radical (unpaired) electrons. The molecule has 2 N–H and O–H groups in total. The lowest BCUT2D eigenvalue weighted by atomic mass is 9.78. The van der Waals surface area contributed by atoms with Gasteiger partial charge in [0.25, 0.3) is 0 Å². The lowest BCUT2D eigenvalue weighted by Gasteiger charge is -2.29. The summed E-state index contributed by atoms with van der Waals surface area (Å²) in [6, 6.07) is 3.38. The van der Waals surface area contributed by atoms with Crippen molar-refractivity contribution >= 4 is 27.5 Å². The molecule has 0 saturated heterocycles. The minimum absolute atomic E-state index is 0.179. The summed E-state index contributed by atoms with van der Waals surface area (Å²) >= 11 is 9.26. The highest BCUT2D eigenvalue weighted by Gasteiger charge is 2.38. The third-order valence-corrected chi connectivity index (χ3v) is 4.48.